The van der Waals surface area contributed by atoms with Crippen LogP contribution in [0, 0.1) is 11.8 Å². The second-order valence-corrected chi connectivity index (χ2v) is 4.17. The van der Waals surface area contributed by atoms with Gasteiger partial charge in [-0.1, -0.05) is 6.07 Å². The van der Waals surface area contributed by atoms with E-state index in [2.05, 4.69) is 22.3 Å². The first kappa shape index (κ1) is 13.7. The normalized spacial score (nSPS) is 9.65. The van der Waals surface area contributed by atoms with E-state index in [1.54, 1.807) is 36.0 Å². The van der Waals surface area contributed by atoms with Gasteiger partial charge in [-0.05, 0) is 31.2 Å². The van der Waals surface area contributed by atoms with Gasteiger partial charge in [0.05, 0.1) is 5.69 Å². The Labute approximate surface area is 117 Å². The highest BCUT2D eigenvalue weighted by molar-refractivity contribution is 5.92. The van der Waals surface area contributed by atoms with Crippen LogP contribution in [-0.4, -0.2) is 22.2 Å². The Morgan fingerprint density at radius 3 is 3.05 bits per heavy atom. The van der Waals surface area contributed by atoms with Crippen molar-refractivity contribution >= 4 is 11.6 Å². The van der Waals surface area contributed by atoms with Crippen LogP contribution in [0.1, 0.15) is 23.8 Å². The minimum absolute atomic E-state index is 0.203. The molecule has 0 fully saturated rings. The quantitative estimate of drug-likeness (QED) is 0.502. The van der Waals surface area contributed by atoms with Gasteiger partial charge in [0.25, 0.3) is 5.91 Å². The summed E-state index contributed by atoms with van der Waals surface area (Å²) in [5.41, 5.74) is 7.57. The van der Waals surface area contributed by atoms with Gasteiger partial charge in [-0.25, -0.2) is 4.68 Å². The smallest absolute Gasteiger partial charge is 0.271 e. The lowest BCUT2D eigenvalue weighted by Gasteiger charge is -2.02. The molecule has 1 heterocycles. The second kappa shape index (κ2) is 6.43. The van der Waals surface area contributed by atoms with Crippen LogP contribution in [0.4, 0.5) is 5.69 Å². The molecule has 0 bridgehead atoms. The number of nitrogens with two attached hydrogens (primary N) is 1. The summed E-state index contributed by atoms with van der Waals surface area (Å²) in [6.45, 7) is 2.29. The number of anilines is 1. The molecular weight excluding hydrogens is 252 g/mol. The molecule has 5 heteroatoms. The molecule has 0 aliphatic rings. The lowest BCUT2D eigenvalue weighted by Crippen LogP contribution is -2.24. The zero-order valence-electron chi connectivity index (χ0n) is 11.3. The van der Waals surface area contributed by atoms with Crippen LogP contribution in [0.2, 0.25) is 0 Å². The molecule has 2 rings (SSSR count). The lowest BCUT2D eigenvalue weighted by atomic mass is 10.3. The average molecular weight is 268 g/mol. The third-order valence-corrected chi connectivity index (χ3v) is 2.67. The predicted molar refractivity (Wildman–Crippen MR) is 78.4 cm³/mol. The zero-order valence-corrected chi connectivity index (χ0v) is 11.3. The molecule has 0 atom stereocenters. The Kier molecular flexibility index (Phi) is 4.40. The van der Waals surface area contributed by atoms with Crippen molar-refractivity contribution in [3.63, 3.8) is 0 Å². The number of carbonyl (C=O) groups excluding carboxylic acids is 1. The standard InChI is InChI=1S/C15H16N4O/c1-2-3-4-9-17-15(20)14-8-10-19(18-14)13-7-5-6-12(16)11-13/h5-8,10-11H,4,9,16H2,1H3,(H,17,20). The van der Waals surface area contributed by atoms with Crippen molar-refractivity contribution in [1.82, 2.24) is 15.1 Å². The monoisotopic (exact) mass is 268 g/mol. The molecule has 20 heavy (non-hydrogen) atoms. The molecule has 1 amide bonds. The lowest BCUT2D eigenvalue weighted by molar-refractivity contribution is 0.0949. The van der Waals surface area contributed by atoms with Gasteiger partial charge in [-0.2, -0.15) is 5.10 Å². The number of hydrogen-bond acceptors (Lipinski definition) is 3. The van der Waals surface area contributed by atoms with Crippen LogP contribution in [0.25, 0.3) is 5.69 Å². The summed E-state index contributed by atoms with van der Waals surface area (Å²) < 4.78 is 1.62. The van der Waals surface area contributed by atoms with Gasteiger partial charge >= 0.3 is 0 Å². The van der Waals surface area contributed by atoms with Crippen LogP contribution in [-0.2, 0) is 0 Å². The maximum atomic E-state index is 11.9. The molecule has 2 aromatic rings. The van der Waals surface area contributed by atoms with Gasteiger partial charge in [0.15, 0.2) is 5.69 Å². The van der Waals surface area contributed by atoms with Crippen molar-refractivity contribution in [3.05, 3.63) is 42.2 Å². The van der Waals surface area contributed by atoms with Gasteiger partial charge < -0.3 is 11.1 Å². The molecule has 1 aromatic carbocycles. The topological polar surface area (TPSA) is 72.9 Å². The van der Waals surface area contributed by atoms with E-state index < -0.39 is 0 Å². The average Bonchev–Trinajstić information content (AvgIpc) is 2.93. The molecule has 3 N–H and O–H groups in total. The number of amides is 1. The summed E-state index contributed by atoms with van der Waals surface area (Å²) in [6.07, 6.45) is 2.37. The van der Waals surface area contributed by atoms with Crippen LogP contribution < -0.4 is 11.1 Å². The largest absolute Gasteiger partial charge is 0.399 e. The molecule has 0 spiro atoms. The number of benzene rings is 1. The zero-order chi connectivity index (χ0) is 14.4. The van der Waals surface area contributed by atoms with Crippen LogP contribution in [0.5, 0.6) is 0 Å². The van der Waals surface area contributed by atoms with Gasteiger partial charge in [-0.3, -0.25) is 4.79 Å². The molecular formula is C15H16N4O. The highest BCUT2D eigenvalue weighted by Gasteiger charge is 2.09. The predicted octanol–water partition coefficient (Wildman–Crippen LogP) is 1.60. The molecule has 0 saturated carbocycles. The highest BCUT2D eigenvalue weighted by Crippen LogP contribution is 2.11. The third-order valence-electron chi connectivity index (χ3n) is 2.67. The number of hydrogen-bond donors (Lipinski definition) is 2. The first-order chi connectivity index (χ1) is 9.70. The third kappa shape index (κ3) is 3.39. The van der Waals surface area contributed by atoms with E-state index >= 15 is 0 Å². The SMILES string of the molecule is CC#CCCNC(=O)c1ccn(-c2cccc(N)c2)n1. The molecule has 5 nitrogen and oxygen atoms in total. The molecule has 0 saturated heterocycles. The van der Waals surface area contributed by atoms with Crippen molar-refractivity contribution < 1.29 is 4.79 Å². The van der Waals surface area contributed by atoms with Crippen molar-refractivity contribution in [2.45, 2.75) is 13.3 Å². The van der Waals surface area contributed by atoms with Crippen molar-refractivity contribution in [2.24, 2.45) is 0 Å². The maximum Gasteiger partial charge on any atom is 0.271 e. The summed E-state index contributed by atoms with van der Waals surface area (Å²) in [7, 11) is 0. The summed E-state index contributed by atoms with van der Waals surface area (Å²) in [6, 6.07) is 8.99. The highest BCUT2D eigenvalue weighted by atomic mass is 16.1. The number of rotatable bonds is 4. The summed E-state index contributed by atoms with van der Waals surface area (Å²) in [5, 5.41) is 7.00. The first-order valence-electron chi connectivity index (χ1n) is 6.30. The summed E-state index contributed by atoms with van der Waals surface area (Å²) in [5.74, 6) is 5.46. The van der Waals surface area contributed by atoms with Crippen LogP contribution in [0.15, 0.2) is 36.5 Å². The molecule has 1 aromatic heterocycles. The fourth-order valence-corrected chi connectivity index (χ4v) is 1.71. The van der Waals surface area contributed by atoms with Crippen LogP contribution in [0.3, 0.4) is 0 Å². The second-order valence-electron chi connectivity index (χ2n) is 4.17. The van der Waals surface area contributed by atoms with Gasteiger partial charge in [0.1, 0.15) is 0 Å². The minimum atomic E-state index is -0.203. The minimum Gasteiger partial charge on any atom is -0.399 e. The number of nitrogen functional groups attached to an aromatic ring is 1. The Morgan fingerprint density at radius 1 is 1.45 bits per heavy atom. The van der Waals surface area contributed by atoms with E-state index in [9.17, 15) is 4.79 Å². The van der Waals surface area contributed by atoms with E-state index in [0.717, 1.165) is 5.69 Å². The van der Waals surface area contributed by atoms with Gasteiger partial charge in [-0.15, -0.1) is 11.8 Å². The van der Waals surface area contributed by atoms with Crippen LogP contribution >= 0.6 is 0 Å². The maximum absolute atomic E-state index is 11.9. The Morgan fingerprint density at radius 2 is 2.30 bits per heavy atom. The van der Waals surface area contributed by atoms with E-state index in [0.29, 0.717) is 24.3 Å². The van der Waals surface area contributed by atoms with E-state index in [-0.39, 0.29) is 5.91 Å². The van der Waals surface area contributed by atoms with E-state index in [1.807, 2.05) is 12.1 Å². The number of carbonyl (C=O) groups is 1. The summed E-state index contributed by atoms with van der Waals surface area (Å²) >= 11 is 0. The Hall–Kier alpha value is -2.74. The van der Waals surface area contributed by atoms with E-state index in [4.69, 9.17) is 5.73 Å². The molecule has 102 valence electrons. The number of aromatic nitrogens is 2. The van der Waals surface area contributed by atoms with Crippen molar-refractivity contribution in [3.8, 4) is 17.5 Å². The first-order valence-corrected chi connectivity index (χ1v) is 6.30. The fourth-order valence-electron chi connectivity index (χ4n) is 1.71. The van der Waals surface area contributed by atoms with Gasteiger partial charge in [0, 0.05) is 24.8 Å². The Bertz CT molecular complexity index is 664. The number of nitrogens with one attached hydrogen (secondary N) is 1. The van der Waals surface area contributed by atoms with E-state index in [1.165, 1.54) is 0 Å². The number of nitrogens with zero attached hydrogens (tertiary/aromatic N) is 2. The molecule has 0 aliphatic carbocycles. The Balaban J connectivity index is 2.04. The fraction of sp³-hybridized carbons (Fsp3) is 0.200. The van der Waals surface area contributed by atoms with Gasteiger partial charge in [0.2, 0.25) is 0 Å². The van der Waals surface area contributed by atoms with Crippen molar-refractivity contribution in [2.75, 3.05) is 12.3 Å². The summed E-state index contributed by atoms with van der Waals surface area (Å²) in [4.78, 5) is 11.9. The molecule has 0 unspecified atom stereocenters. The van der Waals surface area contributed by atoms with Crippen molar-refractivity contribution in [1.29, 1.82) is 0 Å². The molecule has 0 radical (unpaired) electrons. The molecule has 0 aliphatic heterocycles.